The van der Waals surface area contributed by atoms with Crippen molar-refractivity contribution in [1.82, 2.24) is 9.80 Å². The molecule has 3 aliphatic rings. The summed E-state index contributed by atoms with van der Waals surface area (Å²) in [7, 11) is 0. The Hall–Kier alpha value is -0.770. The third kappa shape index (κ3) is 2.17. The molecule has 3 saturated heterocycles. The number of hydrogen-bond acceptors (Lipinski definition) is 3. The van der Waals surface area contributed by atoms with Crippen LogP contribution in [-0.4, -0.2) is 53.2 Å². The van der Waals surface area contributed by atoms with Gasteiger partial charge in [0.1, 0.15) is 5.60 Å². The van der Waals surface area contributed by atoms with Crippen LogP contribution in [0.5, 0.6) is 0 Å². The van der Waals surface area contributed by atoms with Gasteiger partial charge in [0.15, 0.2) is 0 Å². The molecule has 0 radical (unpaired) electrons. The van der Waals surface area contributed by atoms with Crippen LogP contribution in [0.3, 0.4) is 0 Å². The molecule has 0 aromatic heterocycles. The Morgan fingerprint density at radius 2 is 1.88 bits per heavy atom. The molecular formula is C12H22N2O2. The van der Waals surface area contributed by atoms with Gasteiger partial charge in [0.05, 0.1) is 12.1 Å². The average molecular weight is 226 g/mol. The number of ether oxygens (including phenoxy) is 1. The first-order valence-corrected chi connectivity index (χ1v) is 6.14. The highest BCUT2D eigenvalue weighted by Crippen LogP contribution is 2.33. The molecule has 16 heavy (non-hydrogen) atoms. The minimum atomic E-state index is -0.384. The van der Waals surface area contributed by atoms with E-state index in [9.17, 15) is 4.79 Å². The molecule has 2 bridgehead atoms. The van der Waals surface area contributed by atoms with E-state index in [1.165, 1.54) is 0 Å². The monoisotopic (exact) mass is 226 g/mol. The molecule has 0 aromatic rings. The van der Waals surface area contributed by atoms with Gasteiger partial charge >= 0.3 is 6.09 Å². The predicted octanol–water partition coefficient (Wildman–Crippen LogP) is 1.70. The first-order chi connectivity index (χ1) is 7.40. The Kier molecular flexibility index (Phi) is 2.86. The molecule has 0 spiro atoms. The van der Waals surface area contributed by atoms with Crippen LogP contribution in [0.2, 0.25) is 0 Å². The molecule has 92 valence electrons. The van der Waals surface area contributed by atoms with Crippen LogP contribution in [0.4, 0.5) is 4.79 Å². The van der Waals surface area contributed by atoms with Gasteiger partial charge in [0, 0.05) is 13.1 Å². The van der Waals surface area contributed by atoms with Crippen molar-refractivity contribution < 1.29 is 9.53 Å². The summed E-state index contributed by atoms with van der Waals surface area (Å²) in [6, 6.07) is 0.766. The zero-order valence-corrected chi connectivity index (χ0v) is 10.7. The van der Waals surface area contributed by atoms with Gasteiger partial charge in [-0.2, -0.15) is 0 Å². The number of likely N-dealkylation sites (N-methyl/N-ethyl adjacent to an activating group) is 1. The van der Waals surface area contributed by atoms with Crippen molar-refractivity contribution in [2.45, 2.75) is 51.8 Å². The van der Waals surface area contributed by atoms with Gasteiger partial charge in [-0.3, -0.25) is 9.80 Å². The maximum absolute atomic E-state index is 11.9. The minimum absolute atomic E-state index is 0.135. The number of nitrogens with zero attached hydrogens (tertiary/aromatic N) is 2. The second kappa shape index (κ2) is 3.91. The number of hydrogen-bond donors (Lipinski definition) is 0. The number of piperidine rings is 1. The van der Waals surface area contributed by atoms with E-state index >= 15 is 0 Å². The molecule has 3 fully saturated rings. The SMILES string of the molecule is CCN1CC2CC(C1)N2C(=O)OC(C)(C)C. The van der Waals surface area contributed by atoms with Crippen LogP contribution in [0.1, 0.15) is 34.1 Å². The summed E-state index contributed by atoms with van der Waals surface area (Å²) in [5.41, 5.74) is -0.384. The minimum Gasteiger partial charge on any atom is -0.444 e. The zero-order chi connectivity index (χ0) is 11.9. The Balaban J connectivity index is 1.92. The number of carbonyl (C=O) groups excluding carboxylic acids is 1. The fourth-order valence-electron chi connectivity index (χ4n) is 2.57. The molecule has 4 heteroatoms. The molecule has 3 heterocycles. The molecule has 3 aliphatic heterocycles. The molecule has 0 saturated carbocycles. The molecule has 4 nitrogen and oxygen atoms in total. The van der Waals surface area contributed by atoms with Crippen molar-refractivity contribution in [2.75, 3.05) is 19.6 Å². The summed E-state index contributed by atoms with van der Waals surface area (Å²) >= 11 is 0. The predicted molar refractivity (Wildman–Crippen MR) is 62.4 cm³/mol. The Bertz CT molecular complexity index is 273. The van der Waals surface area contributed by atoms with Crippen molar-refractivity contribution in [1.29, 1.82) is 0 Å². The Morgan fingerprint density at radius 1 is 1.31 bits per heavy atom. The van der Waals surface area contributed by atoms with E-state index in [2.05, 4.69) is 11.8 Å². The first-order valence-electron chi connectivity index (χ1n) is 6.14. The van der Waals surface area contributed by atoms with Gasteiger partial charge in [-0.05, 0) is 33.7 Å². The van der Waals surface area contributed by atoms with Crippen molar-refractivity contribution >= 4 is 6.09 Å². The van der Waals surface area contributed by atoms with Gasteiger partial charge < -0.3 is 4.74 Å². The van der Waals surface area contributed by atoms with E-state index in [1.54, 1.807) is 0 Å². The van der Waals surface area contributed by atoms with E-state index in [4.69, 9.17) is 4.74 Å². The summed E-state index contributed by atoms with van der Waals surface area (Å²) in [5.74, 6) is 0. The normalized spacial score (nSPS) is 29.9. The number of piperazine rings is 1. The average Bonchev–Trinajstić information content (AvgIpc) is 2.14. The first kappa shape index (κ1) is 11.7. The van der Waals surface area contributed by atoms with Gasteiger partial charge in [-0.1, -0.05) is 6.92 Å². The lowest BCUT2D eigenvalue weighted by atomic mass is 9.88. The van der Waals surface area contributed by atoms with Gasteiger partial charge in [-0.25, -0.2) is 4.79 Å². The maximum atomic E-state index is 11.9. The summed E-state index contributed by atoms with van der Waals surface area (Å²) in [6.07, 6.45) is 1.01. The third-order valence-corrected chi connectivity index (χ3v) is 3.32. The van der Waals surface area contributed by atoms with Crippen molar-refractivity contribution in [3.05, 3.63) is 0 Å². The molecule has 0 aromatic carbocycles. The lowest BCUT2D eigenvalue weighted by molar-refractivity contribution is -0.0752. The van der Waals surface area contributed by atoms with Crippen LogP contribution in [0.15, 0.2) is 0 Å². The van der Waals surface area contributed by atoms with E-state index < -0.39 is 0 Å². The number of fused-ring (bicyclic) bond motifs is 2. The van der Waals surface area contributed by atoms with Crippen molar-refractivity contribution in [3.63, 3.8) is 0 Å². The molecule has 0 aliphatic carbocycles. The molecule has 0 N–H and O–H groups in total. The summed E-state index contributed by atoms with van der Waals surface area (Å²) in [4.78, 5) is 16.3. The molecule has 1 amide bonds. The summed E-state index contributed by atoms with van der Waals surface area (Å²) in [6.45, 7) is 11.0. The molecule has 3 rings (SSSR count). The summed E-state index contributed by atoms with van der Waals surface area (Å²) in [5, 5.41) is 0. The Morgan fingerprint density at radius 3 is 2.31 bits per heavy atom. The standard InChI is InChI=1S/C12H22N2O2/c1-5-13-7-9-6-10(8-13)14(9)11(15)16-12(2,3)4/h9-10H,5-8H2,1-4H3. The lowest BCUT2D eigenvalue weighted by Gasteiger charge is -2.55. The van der Waals surface area contributed by atoms with E-state index in [0.717, 1.165) is 26.1 Å². The van der Waals surface area contributed by atoms with Crippen molar-refractivity contribution in [3.8, 4) is 0 Å². The van der Waals surface area contributed by atoms with Crippen LogP contribution in [-0.2, 0) is 4.74 Å². The van der Waals surface area contributed by atoms with E-state index in [1.807, 2.05) is 25.7 Å². The van der Waals surface area contributed by atoms with Crippen molar-refractivity contribution in [2.24, 2.45) is 0 Å². The van der Waals surface area contributed by atoms with Gasteiger partial charge in [0.2, 0.25) is 0 Å². The fraction of sp³-hybridized carbons (Fsp3) is 0.917. The van der Waals surface area contributed by atoms with Crippen LogP contribution in [0.25, 0.3) is 0 Å². The molecule has 2 atom stereocenters. The van der Waals surface area contributed by atoms with Gasteiger partial charge in [-0.15, -0.1) is 0 Å². The number of amides is 1. The Labute approximate surface area is 97.5 Å². The second-order valence-electron chi connectivity index (χ2n) is 5.78. The van der Waals surface area contributed by atoms with Gasteiger partial charge in [0.25, 0.3) is 0 Å². The zero-order valence-electron chi connectivity index (χ0n) is 10.7. The fourth-order valence-corrected chi connectivity index (χ4v) is 2.57. The van der Waals surface area contributed by atoms with Crippen LogP contribution in [0, 0.1) is 0 Å². The van der Waals surface area contributed by atoms with E-state index in [0.29, 0.717) is 12.1 Å². The highest BCUT2D eigenvalue weighted by atomic mass is 16.6. The molecular weight excluding hydrogens is 204 g/mol. The summed E-state index contributed by atoms with van der Waals surface area (Å²) < 4.78 is 5.42. The highest BCUT2D eigenvalue weighted by Gasteiger charge is 2.48. The third-order valence-electron chi connectivity index (χ3n) is 3.32. The quantitative estimate of drug-likeness (QED) is 0.682. The lowest BCUT2D eigenvalue weighted by Crippen LogP contribution is -2.70. The van der Waals surface area contributed by atoms with Crippen LogP contribution < -0.4 is 0 Å². The van der Waals surface area contributed by atoms with E-state index in [-0.39, 0.29) is 11.7 Å². The topological polar surface area (TPSA) is 32.8 Å². The largest absolute Gasteiger partial charge is 0.444 e. The second-order valence-corrected chi connectivity index (χ2v) is 5.78. The molecule has 2 unspecified atom stereocenters. The maximum Gasteiger partial charge on any atom is 0.410 e. The number of carbonyl (C=O) groups is 1. The highest BCUT2D eigenvalue weighted by molar-refractivity contribution is 5.70. The smallest absolute Gasteiger partial charge is 0.410 e. The number of rotatable bonds is 1. The van der Waals surface area contributed by atoms with Crippen LogP contribution >= 0.6 is 0 Å².